The lowest BCUT2D eigenvalue weighted by atomic mass is 9.70. The fourth-order valence-electron chi connectivity index (χ4n) is 4.86. The average molecular weight is 505 g/mol. The molecule has 3 aromatic rings. The Kier molecular flexibility index (Phi) is 8.54. The maximum absolute atomic E-state index is 13.2. The number of Topliss-reactive ketones (excluding diaryl/α,β-unsaturated/α-hetero) is 1. The predicted molar refractivity (Wildman–Crippen MR) is 139 cm³/mol. The van der Waals surface area contributed by atoms with Crippen LogP contribution in [-0.4, -0.2) is 21.8 Å². The summed E-state index contributed by atoms with van der Waals surface area (Å²) in [5.41, 5.74) is 0.709. The fraction of sp³-hybridized carbons (Fsp3) is 0.367. The van der Waals surface area contributed by atoms with Crippen molar-refractivity contribution in [3.63, 3.8) is 0 Å². The number of ketones is 1. The van der Waals surface area contributed by atoms with Crippen LogP contribution in [0, 0.1) is 17.2 Å². The summed E-state index contributed by atoms with van der Waals surface area (Å²) < 4.78 is 18.9. The molecule has 0 spiro atoms. The molecule has 0 bridgehead atoms. The van der Waals surface area contributed by atoms with Gasteiger partial charge in [-0.25, -0.2) is 9.37 Å². The number of hydrogen-bond acceptors (Lipinski definition) is 5. The SMILES string of the molecule is CC1(C(=O)NCc2ccccc2O)CCC(CCCC(=O)c2cccnc2Oc2ccc(F)cc2)CC1. The molecule has 37 heavy (non-hydrogen) atoms. The molecule has 0 atom stereocenters. The number of halogens is 1. The molecule has 6 nitrogen and oxygen atoms in total. The highest BCUT2D eigenvalue weighted by Crippen LogP contribution is 2.40. The van der Waals surface area contributed by atoms with Crippen molar-refractivity contribution in [3.05, 3.63) is 83.8 Å². The number of rotatable bonds is 10. The Hall–Kier alpha value is -3.74. The molecule has 1 saturated carbocycles. The summed E-state index contributed by atoms with van der Waals surface area (Å²) in [6, 6.07) is 16.0. The van der Waals surface area contributed by atoms with Crippen molar-refractivity contribution < 1.29 is 23.8 Å². The highest BCUT2D eigenvalue weighted by Gasteiger charge is 2.37. The lowest BCUT2D eigenvalue weighted by molar-refractivity contribution is -0.132. The van der Waals surface area contributed by atoms with Crippen LogP contribution < -0.4 is 10.1 Å². The summed E-state index contributed by atoms with van der Waals surface area (Å²) in [4.78, 5) is 30.0. The van der Waals surface area contributed by atoms with Gasteiger partial charge in [-0.2, -0.15) is 0 Å². The second kappa shape index (κ2) is 12.0. The van der Waals surface area contributed by atoms with Gasteiger partial charge in [-0.3, -0.25) is 9.59 Å². The third kappa shape index (κ3) is 6.94. The minimum Gasteiger partial charge on any atom is -0.508 e. The lowest BCUT2D eigenvalue weighted by Gasteiger charge is -2.36. The Bertz CT molecular complexity index is 1220. The van der Waals surface area contributed by atoms with Gasteiger partial charge >= 0.3 is 0 Å². The number of amides is 1. The van der Waals surface area contributed by atoms with Crippen LogP contribution in [0.3, 0.4) is 0 Å². The largest absolute Gasteiger partial charge is 0.508 e. The molecular formula is C30H33FN2O4. The number of nitrogens with zero attached hydrogens (tertiary/aromatic N) is 1. The Morgan fingerprint density at radius 2 is 1.81 bits per heavy atom. The number of hydrogen-bond donors (Lipinski definition) is 2. The highest BCUT2D eigenvalue weighted by atomic mass is 19.1. The quantitative estimate of drug-likeness (QED) is 0.304. The molecule has 1 aromatic heterocycles. The molecule has 0 unspecified atom stereocenters. The van der Waals surface area contributed by atoms with Crippen molar-refractivity contribution in [3.8, 4) is 17.4 Å². The number of carbonyl (C=O) groups excluding carboxylic acids is 2. The van der Waals surface area contributed by atoms with E-state index in [1.165, 1.54) is 24.3 Å². The lowest BCUT2D eigenvalue weighted by Crippen LogP contribution is -2.41. The van der Waals surface area contributed by atoms with Crippen molar-refractivity contribution in [2.75, 3.05) is 0 Å². The first-order valence-electron chi connectivity index (χ1n) is 12.8. The zero-order valence-corrected chi connectivity index (χ0v) is 21.1. The number of benzene rings is 2. The maximum Gasteiger partial charge on any atom is 0.230 e. The molecule has 1 aliphatic carbocycles. The number of aromatic nitrogens is 1. The third-order valence-electron chi connectivity index (χ3n) is 7.30. The molecule has 1 amide bonds. The molecule has 0 saturated heterocycles. The first kappa shape index (κ1) is 26.3. The van der Waals surface area contributed by atoms with Gasteiger partial charge in [-0.1, -0.05) is 31.5 Å². The molecular weight excluding hydrogens is 471 g/mol. The minimum atomic E-state index is -0.418. The van der Waals surface area contributed by atoms with Gasteiger partial charge in [0.05, 0.1) is 5.56 Å². The number of pyridine rings is 1. The topological polar surface area (TPSA) is 88.5 Å². The minimum absolute atomic E-state index is 0.0228. The molecule has 2 N–H and O–H groups in total. The van der Waals surface area contributed by atoms with E-state index >= 15 is 0 Å². The van der Waals surface area contributed by atoms with Crippen molar-refractivity contribution in [2.45, 2.75) is 58.4 Å². The number of ether oxygens (including phenoxy) is 1. The smallest absolute Gasteiger partial charge is 0.230 e. The Labute approximate surface area is 216 Å². The summed E-state index contributed by atoms with van der Waals surface area (Å²) in [5.74, 6) is 0.943. The van der Waals surface area contributed by atoms with Crippen molar-refractivity contribution in [1.29, 1.82) is 0 Å². The molecule has 7 heteroatoms. The molecule has 0 aliphatic heterocycles. The zero-order valence-electron chi connectivity index (χ0n) is 21.1. The predicted octanol–water partition coefficient (Wildman–Crippen LogP) is 6.58. The van der Waals surface area contributed by atoms with Gasteiger partial charge < -0.3 is 15.2 Å². The van der Waals surface area contributed by atoms with E-state index in [4.69, 9.17) is 4.74 Å². The van der Waals surface area contributed by atoms with E-state index in [2.05, 4.69) is 10.3 Å². The molecule has 1 fully saturated rings. The van der Waals surface area contributed by atoms with E-state index < -0.39 is 5.41 Å². The van der Waals surface area contributed by atoms with E-state index in [0.29, 0.717) is 35.8 Å². The van der Waals surface area contributed by atoms with Gasteiger partial charge in [0.25, 0.3) is 0 Å². The maximum atomic E-state index is 13.2. The first-order chi connectivity index (χ1) is 17.8. The Morgan fingerprint density at radius 3 is 2.54 bits per heavy atom. The Balaban J connectivity index is 1.23. The van der Waals surface area contributed by atoms with Gasteiger partial charge in [-0.15, -0.1) is 0 Å². The number of aromatic hydroxyl groups is 1. The Morgan fingerprint density at radius 1 is 1.08 bits per heavy atom. The molecule has 2 aromatic carbocycles. The number of phenols is 1. The second-order valence-electron chi connectivity index (χ2n) is 10.0. The van der Waals surface area contributed by atoms with E-state index in [9.17, 15) is 19.1 Å². The number of phenolic OH excluding ortho intramolecular Hbond substituents is 1. The van der Waals surface area contributed by atoms with Crippen molar-refractivity contribution in [1.82, 2.24) is 10.3 Å². The standard InChI is InChI=1S/C30H33FN2O4/c1-30(29(36)33-20-22-7-2-3-9-26(22)34)17-15-21(16-18-30)6-4-10-27(35)25-8-5-19-32-28(25)37-24-13-11-23(31)12-14-24/h2-3,5,7-9,11-14,19,21,34H,4,6,10,15-18,20H2,1H3,(H,33,36). The van der Waals surface area contributed by atoms with Gasteiger partial charge in [0.1, 0.15) is 17.3 Å². The number of nitrogens with one attached hydrogen (secondary N) is 1. The van der Waals surface area contributed by atoms with Gasteiger partial charge in [0.2, 0.25) is 11.8 Å². The van der Waals surface area contributed by atoms with Crippen LogP contribution >= 0.6 is 0 Å². The zero-order chi connectivity index (χ0) is 26.3. The molecule has 0 radical (unpaired) electrons. The van der Waals surface area contributed by atoms with E-state index in [-0.39, 0.29) is 29.1 Å². The van der Waals surface area contributed by atoms with E-state index in [1.54, 1.807) is 36.5 Å². The van der Waals surface area contributed by atoms with Crippen molar-refractivity contribution >= 4 is 11.7 Å². The molecule has 1 aliphatic rings. The van der Waals surface area contributed by atoms with Gasteiger partial charge in [0, 0.05) is 30.1 Å². The van der Waals surface area contributed by atoms with Crippen LogP contribution in [0.15, 0.2) is 66.9 Å². The third-order valence-corrected chi connectivity index (χ3v) is 7.30. The van der Waals surface area contributed by atoms with Crippen LogP contribution in [0.2, 0.25) is 0 Å². The van der Waals surface area contributed by atoms with Crippen LogP contribution in [0.25, 0.3) is 0 Å². The van der Waals surface area contributed by atoms with E-state index in [1.807, 2.05) is 13.0 Å². The summed E-state index contributed by atoms with van der Waals surface area (Å²) >= 11 is 0. The number of carbonyl (C=O) groups is 2. The van der Waals surface area contributed by atoms with Crippen LogP contribution in [-0.2, 0) is 11.3 Å². The summed E-state index contributed by atoms with van der Waals surface area (Å²) in [5, 5.41) is 12.9. The first-order valence-corrected chi connectivity index (χ1v) is 12.8. The number of para-hydroxylation sites is 1. The molecule has 1 heterocycles. The van der Waals surface area contributed by atoms with Gasteiger partial charge in [0.15, 0.2) is 5.78 Å². The monoisotopic (exact) mass is 504 g/mol. The normalized spacial score (nSPS) is 19.2. The van der Waals surface area contributed by atoms with Crippen molar-refractivity contribution in [2.24, 2.45) is 11.3 Å². The highest BCUT2D eigenvalue weighted by molar-refractivity contribution is 5.98. The summed E-state index contributed by atoms with van der Waals surface area (Å²) in [7, 11) is 0. The second-order valence-corrected chi connectivity index (χ2v) is 10.0. The molecule has 194 valence electrons. The van der Waals surface area contributed by atoms with Crippen LogP contribution in [0.5, 0.6) is 17.4 Å². The van der Waals surface area contributed by atoms with Crippen LogP contribution in [0.1, 0.15) is 67.8 Å². The fourth-order valence-corrected chi connectivity index (χ4v) is 4.86. The van der Waals surface area contributed by atoms with E-state index in [0.717, 1.165) is 38.5 Å². The van der Waals surface area contributed by atoms with Gasteiger partial charge in [-0.05, 0) is 80.5 Å². The van der Waals surface area contributed by atoms with Crippen LogP contribution in [0.4, 0.5) is 4.39 Å². The summed E-state index contributed by atoms with van der Waals surface area (Å²) in [6.45, 7) is 2.33. The average Bonchev–Trinajstić information content (AvgIpc) is 2.91. The molecule has 4 rings (SSSR count). The summed E-state index contributed by atoms with van der Waals surface area (Å²) in [6.07, 6.45) is 7.13.